The first-order chi connectivity index (χ1) is 12.1. The van der Waals surface area contributed by atoms with Gasteiger partial charge in [0, 0.05) is 36.1 Å². The smallest absolute Gasteiger partial charge is 0.332 e. The van der Waals surface area contributed by atoms with E-state index in [1.54, 1.807) is 12.1 Å². The molecule has 25 heavy (non-hydrogen) atoms. The summed E-state index contributed by atoms with van der Waals surface area (Å²) in [5.41, 5.74) is 10.7. The molecule has 2 aromatic rings. The van der Waals surface area contributed by atoms with Crippen LogP contribution in [0.5, 0.6) is 0 Å². The molecule has 3 rings (SSSR count). The summed E-state index contributed by atoms with van der Waals surface area (Å²) in [6, 6.07) is 15.4. The number of nitrogen functional groups attached to an aromatic ring is 1. The average Bonchev–Trinajstić information content (AvgIpc) is 2.62. The normalized spacial score (nSPS) is 13.8. The van der Waals surface area contributed by atoms with Crippen LogP contribution in [0.1, 0.15) is 24.5 Å². The molecule has 0 radical (unpaired) electrons. The van der Waals surface area contributed by atoms with Gasteiger partial charge in [0.05, 0.1) is 0 Å². The van der Waals surface area contributed by atoms with Crippen molar-refractivity contribution in [3.63, 3.8) is 0 Å². The highest BCUT2D eigenvalue weighted by Gasteiger charge is 2.18. The predicted octanol–water partition coefficient (Wildman–Crippen LogP) is 3.14. The molecule has 0 amide bonds. The van der Waals surface area contributed by atoms with Crippen LogP contribution in [-0.4, -0.2) is 18.2 Å². The van der Waals surface area contributed by atoms with Gasteiger partial charge in [0.25, 0.3) is 0 Å². The number of nitrogens with zero attached hydrogens (tertiary/aromatic N) is 3. The number of benzene rings is 2. The molecule has 0 aliphatic carbocycles. The molecule has 0 saturated carbocycles. The summed E-state index contributed by atoms with van der Waals surface area (Å²) in [6.45, 7) is 2.16. The van der Waals surface area contributed by atoms with Crippen molar-refractivity contribution >= 4 is 28.7 Å². The minimum absolute atomic E-state index is 0.0635. The second-order valence-corrected chi connectivity index (χ2v) is 5.82. The van der Waals surface area contributed by atoms with Crippen molar-refractivity contribution in [1.29, 1.82) is 5.26 Å². The van der Waals surface area contributed by atoms with E-state index in [0.29, 0.717) is 5.56 Å². The van der Waals surface area contributed by atoms with Crippen LogP contribution < -0.4 is 10.6 Å². The number of rotatable bonds is 3. The fourth-order valence-corrected chi connectivity index (χ4v) is 2.93. The first-order valence-electron chi connectivity index (χ1n) is 8.00. The molecule has 2 N–H and O–H groups in total. The van der Waals surface area contributed by atoms with Crippen molar-refractivity contribution in [2.24, 2.45) is 5.16 Å². The lowest BCUT2D eigenvalue weighted by Crippen LogP contribution is -2.24. The number of nitrogens with two attached hydrogens (primary N) is 1. The monoisotopic (exact) mass is 334 g/mol. The molecule has 2 aromatic carbocycles. The van der Waals surface area contributed by atoms with Gasteiger partial charge in [-0.3, -0.25) is 0 Å². The van der Waals surface area contributed by atoms with Gasteiger partial charge in [-0.05, 0) is 60.9 Å². The van der Waals surface area contributed by atoms with Crippen LogP contribution in [-0.2, 0) is 16.1 Å². The molecular weight excluding hydrogens is 316 g/mol. The Morgan fingerprint density at radius 1 is 1.28 bits per heavy atom. The maximum absolute atomic E-state index is 10.8. The van der Waals surface area contributed by atoms with Gasteiger partial charge in [-0.15, -0.1) is 0 Å². The minimum Gasteiger partial charge on any atom is -0.399 e. The average molecular weight is 334 g/mol. The largest absolute Gasteiger partial charge is 0.399 e. The highest BCUT2D eigenvalue weighted by atomic mass is 16.7. The summed E-state index contributed by atoms with van der Waals surface area (Å²) < 4.78 is 0. The first kappa shape index (κ1) is 16.5. The van der Waals surface area contributed by atoms with Crippen LogP contribution in [0.2, 0.25) is 0 Å². The van der Waals surface area contributed by atoms with Gasteiger partial charge < -0.3 is 15.5 Å². The Morgan fingerprint density at radius 3 is 2.72 bits per heavy atom. The van der Waals surface area contributed by atoms with E-state index in [0.717, 1.165) is 36.4 Å². The zero-order chi connectivity index (χ0) is 17.8. The van der Waals surface area contributed by atoms with Gasteiger partial charge in [-0.25, -0.2) is 4.79 Å². The van der Waals surface area contributed by atoms with E-state index in [-0.39, 0.29) is 5.71 Å². The Bertz CT molecular complexity index is 866. The topological polar surface area (TPSA) is 91.7 Å². The predicted molar refractivity (Wildman–Crippen MR) is 96.5 cm³/mol. The van der Waals surface area contributed by atoms with Crippen molar-refractivity contribution in [2.75, 3.05) is 17.2 Å². The van der Waals surface area contributed by atoms with Gasteiger partial charge in [0.2, 0.25) is 0 Å². The molecule has 6 nitrogen and oxygen atoms in total. The number of hydrogen-bond donors (Lipinski definition) is 1. The van der Waals surface area contributed by atoms with E-state index < -0.39 is 5.97 Å². The molecule has 126 valence electrons. The molecule has 1 aliphatic heterocycles. The molecule has 0 bridgehead atoms. The van der Waals surface area contributed by atoms with Crippen LogP contribution in [0.15, 0.2) is 47.6 Å². The number of aryl methyl sites for hydroxylation is 1. The number of anilines is 3. The van der Waals surface area contributed by atoms with Crippen LogP contribution in [0, 0.1) is 11.3 Å². The Morgan fingerprint density at radius 2 is 2.04 bits per heavy atom. The Balaban J connectivity index is 1.88. The highest BCUT2D eigenvalue weighted by molar-refractivity contribution is 6.11. The summed E-state index contributed by atoms with van der Waals surface area (Å²) in [5.74, 6) is -0.562. The molecule has 0 saturated heterocycles. The van der Waals surface area contributed by atoms with E-state index >= 15 is 0 Å². The zero-order valence-corrected chi connectivity index (χ0v) is 13.9. The van der Waals surface area contributed by atoms with Crippen LogP contribution in [0.3, 0.4) is 0 Å². The van der Waals surface area contributed by atoms with Crippen molar-refractivity contribution in [2.45, 2.75) is 19.8 Å². The van der Waals surface area contributed by atoms with Gasteiger partial charge in [-0.2, -0.15) is 5.26 Å². The van der Waals surface area contributed by atoms with E-state index in [2.05, 4.69) is 14.9 Å². The molecule has 0 unspecified atom stereocenters. The quantitative estimate of drug-likeness (QED) is 0.403. The van der Waals surface area contributed by atoms with Gasteiger partial charge >= 0.3 is 5.97 Å². The molecule has 0 atom stereocenters. The second kappa shape index (κ2) is 7.05. The zero-order valence-electron chi connectivity index (χ0n) is 13.9. The van der Waals surface area contributed by atoms with Crippen molar-refractivity contribution < 1.29 is 9.63 Å². The Kier molecular flexibility index (Phi) is 4.66. The second-order valence-electron chi connectivity index (χ2n) is 5.82. The van der Waals surface area contributed by atoms with Crippen LogP contribution >= 0.6 is 0 Å². The van der Waals surface area contributed by atoms with E-state index in [1.807, 2.05) is 36.4 Å². The number of carbonyl (C=O) groups excluding carboxylic acids is 1. The van der Waals surface area contributed by atoms with Crippen LogP contribution in [0.4, 0.5) is 17.1 Å². The maximum atomic E-state index is 10.8. The third kappa shape index (κ3) is 3.61. The van der Waals surface area contributed by atoms with E-state index in [9.17, 15) is 10.1 Å². The van der Waals surface area contributed by atoms with E-state index in [1.165, 1.54) is 12.5 Å². The number of hydrogen-bond acceptors (Lipinski definition) is 6. The standard InChI is InChI=1S/C19H18N4O2/c1-13(24)25-22-18(12-20)14-4-7-17(8-5-14)23-10-2-3-15-11-16(21)6-9-19(15)23/h4-9,11H,2-3,10,21H2,1H3/b22-18+. The number of nitriles is 1. The third-order valence-electron chi connectivity index (χ3n) is 4.05. The molecule has 1 heterocycles. The number of oxime groups is 1. The summed E-state index contributed by atoms with van der Waals surface area (Å²) >= 11 is 0. The van der Waals surface area contributed by atoms with Gasteiger partial charge in [0.1, 0.15) is 6.07 Å². The summed E-state index contributed by atoms with van der Waals surface area (Å²) in [5, 5.41) is 12.8. The van der Waals surface area contributed by atoms with Crippen LogP contribution in [0.25, 0.3) is 0 Å². The fourth-order valence-electron chi connectivity index (χ4n) is 2.93. The molecule has 0 aromatic heterocycles. The molecule has 0 spiro atoms. The maximum Gasteiger partial charge on any atom is 0.332 e. The lowest BCUT2D eigenvalue weighted by molar-refractivity contribution is -0.140. The molecule has 6 heteroatoms. The Labute approximate surface area is 146 Å². The highest BCUT2D eigenvalue weighted by Crippen LogP contribution is 2.34. The number of fused-ring (bicyclic) bond motifs is 1. The molecular formula is C19H18N4O2. The van der Waals surface area contributed by atoms with Crippen molar-refractivity contribution in [1.82, 2.24) is 0 Å². The SMILES string of the molecule is CC(=O)O/N=C(\C#N)c1ccc(N2CCCc3cc(N)ccc32)cc1. The summed E-state index contributed by atoms with van der Waals surface area (Å²) in [4.78, 5) is 17.6. The Hall–Kier alpha value is -3.33. The fraction of sp³-hybridized carbons (Fsp3) is 0.211. The van der Waals surface area contributed by atoms with E-state index in [4.69, 9.17) is 5.73 Å². The number of carbonyl (C=O) groups is 1. The first-order valence-corrected chi connectivity index (χ1v) is 8.00. The van der Waals surface area contributed by atoms with Crippen molar-refractivity contribution in [3.05, 3.63) is 53.6 Å². The van der Waals surface area contributed by atoms with Crippen molar-refractivity contribution in [3.8, 4) is 6.07 Å². The van der Waals surface area contributed by atoms with Gasteiger partial charge in [-0.1, -0.05) is 5.16 Å². The lowest BCUT2D eigenvalue weighted by atomic mass is 10.00. The summed E-state index contributed by atoms with van der Waals surface area (Å²) in [7, 11) is 0. The van der Waals surface area contributed by atoms with Gasteiger partial charge in [0.15, 0.2) is 5.71 Å². The lowest BCUT2D eigenvalue weighted by Gasteiger charge is -2.31. The third-order valence-corrected chi connectivity index (χ3v) is 4.05. The molecule has 1 aliphatic rings. The summed E-state index contributed by atoms with van der Waals surface area (Å²) in [6.07, 6.45) is 2.07. The minimum atomic E-state index is -0.562. The molecule has 0 fully saturated rings.